The van der Waals surface area contributed by atoms with Gasteiger partial charge in [-0.25, -0.2) is 0 Å². The maximum atomic E-state index is 5.03. The number of rotatable bonds is 4. The zero-order chi connectivity index (χ0) is 8.81. The topological polar surface area (TPSA) is 18.5 Å². The predicted molar refractivity (Wildman–Crippen MR) is 47.7 cm³/mol. The summed E-state index contributed by atoms with van der Waals surface area (Å²) < 4.78 is 10.1. The third-order valence-corrected chi connectivity index (χ3v) is 1.59. The van der Waals surface area contributed by atoms with Crippen LogP contribution in [-0.4, -0.2) is 20.5 Å². The van der Waals surface area contributed by atoms with Gasteiger partial charge in [0.15, 0.2) is 6.29 Å². The molecule has 0 aromatic heterocycles. The first kappa shape index (κ1) is 9.23. The summed E-state index contributed by atoms with van der Waals surface area (Å²) in [4.78, 5) is 0. The molecule has 0 N–H and O–H groups in total. The number of benzene rings is 1. The maximum absolute atomic E-state index is 5.03. The molecule has 0 bridgehead atoms. The van der Waals surface area contributed by atoms with E-state index < -0.39 is 0 Å². The molecular weight excluding hydrogens is 152 g/mol. The van der Waals surface area contributed by atoms with Gasteiger partial charge in [-0.1, -0.05) is 30.3 Å². The average molecular weight is 165 g/mol. The van der Waals surface area contributed by atoms with Crippen molar-refractivity contribution in [2.24, 2.45) is 0 Å². The van der Waals surface area contributed by atoms with E-state index in [1.165, 1.54) is 0 Å². The fraction of sp³-hybridized carbons (Fsp3) is 0.300. The van der Waals surface area contributed by atoms with Crippen LogP contribution in [0.2, 0.25) is 0 Å². The van der Waals surface area contributed by atoms with E-state index in [-0.39, 0.29) is 6.29 Å². The van der Waals surface area contributed by atoms with Crippen LogP contribution < -0.4 is 0 Å². The minimum absolute atomic E-state index is 0.257. The molecule has 12 heavy (non-hydrogen) atoms. The Morgan fingerprint density at radius 1 is 1.08 bits per heavy atom. The SMILES string of the molecule is COC([CH]c1ccccc1)OC. The summed E-state index contributed by atoms with van der Waals surface area (Å²) >= 11 is 0. The normalized spacial score (nSPS) is 10.6. The van der Waals surface area contributed by atoms with Crippen LogP contribution in [0.3, 0.4) is 0 Å². The zero-order valence-corrected chi connectivity index (χ0v) is 7.36. The molecule has 2 nitrogen and oxygen atoms in total. The van der Waals surface area contributed by atoms with Crippen molar-refractivity contribution in [3.8, 4) is 0 Å². The molecule has 2 heteroatoms. The van der Waals surface area contributed by atoms with Gasteiger partial charge in [-0.05, 0) is 5.56 Å². The second kappa shape index (κ2) is 4.91. The smallest absolute Gasteiger partial charge is 0.164 e. The molecule has 1 aromatic carbocycles. The quantitative estimate of drug-likeness (QED) is 0.634. The minimum Gasteiger partial charge on any atom is -0.355 e. The Labute approximate surface area is 73.1 Å². The summed E-state index contributed by atoms with van der Waals surface area (Å²) in [5, 5.41) is 0. The second-order valence-corrected chi connectivity index (χ2v) is 2.42. The van der Waals surface area contributed by atoms with Gasteiger partial charge in [0.1, 0.15) is 0 Å². The average Bonchev–Trinajstić information content (AvgIpc) is 2.16. The molecule has 0 aliphatic carbocycles. The monoisotopic (exact) mass is 165 g/mol. The number of methoxy groups -OCH3 is 2. The van der Waals surface area contributed by atoms with Gasteiger partial charge in [-0.3, -0.25) is 0 Å². The molecule has 0 spiro atoms. The van der Waals surface area contributed by atoms with Crippen molar-refractivity contribution in [1.82, 2.24) is 0 Å². The lowest BCUT2D eigenvalue weighted by Gasteiger charge is -2.12. The number of hydrogen-bond acceptors (Lipinski definition) is 2. The van der Waals surface area contributed by atoms with Gasteiger partial charge in [0.2, 0.25) is 0 Å². The second-order valence-electron chi connectivity index (χ2n) is 2.42. The van der Waals surface area contributed by atoms with Gasteiger partial charge < -0.3 is 9.47 Å². The Balaban J connectivity index is 2.51. The molecule has 0 atom stereocenters. The van der Waals surface area contributed by atoms with Crippen LogP contribution in [0.25, 0.3) is 0 Å². The van der Waals surface area contributed by atoms with Gasteiger partial charge >= 0.3 is 0 Å². The van der Waals surface area contributed by atoms with Crippen molar-refractivity contribution in [1.29, 1.82) is 0 Å². The highest BCUT2D eigenvalue weighted by molar-refractivity contribution is 5.23. The van der Waals surface area contributed by atoms with Crippen molar-refractivity contribution >= 4 is 0 Å². The van der Waals surface area contributed by atoms with Gasteiger partial charge in [0.25, 0.3) is 0 Å². The van der Waals surface area contributed by atoms with E-state index in [4.69, 9.17) is 9.47 Å². The van der Waals surface area contributed by atoms with Crippen LogP contribution in [0.4, 0.5) is 0 Å². The maximum Gasteiger partial charge on any atom is 0.164 e. The lowest BCUT2D eigenvalue weighted by Crippen LogP contribution is -2.13. The molecule has 1 radical (unpaired) electrons. The first-order chi connectivity index (χ1) is 5.86. The van der Waals surface area contributed by atoms with Crippen LogP contribution in [-0.2, 0) is 9.47 Å². The molecular formula is C10H13O2. The first-order valence-electron chi connectivity index (χ1n) is 3.82. The van der Waals surface area contributed by atoms with E-state index in [0.29, 0.717) is 0 Å². The highest BCUT2D eigenvalue weighted by Gasteiger charge is 2.05. The zero-order valence-electron chi connectivity index (χ0n) is 7.36. The summed E-state index contributed by atoms with van der Waals surface area (Å²) in [6, 6.07) is 9.95. The number of hydrogen-bond donors (Lipinski definition) is 0. The minimum atomic E-state index is -0.257. The van der Waals surface area contributed by atoms with Crippen molar-refractivity contribution in [3.63, 3.8) is 0 Å². The summed E-state index contributed by atoms with van der Waals surface area (Å²) in [6.45, 7) is 0. The largest absolute Gasteiger partial charge is 0.355 e. The molecule has 1 rings (SSSR count). The lowest BCUT2D eigenvalue weighted by atomic mass is 10.1. The van der Waals surface area contributed by atoms with E-state index in [0.717, 1.165) is 5.56 Å². The Morgan fingerprint density at radius 3 is 2.17 bits per heavy atom. The molecule has 1 aromatic rings. The molecule has 0 saturated carbocycles. The van der Waals surface area contributed by atoms with Gasteiger partial charge in [0, 0.05) is 20.6 Å². The van der Waals surface area contributed by atoms with Gasteiger partial charge in [-0.2, -0.15) is 0 Å². The highest BCUT2D eigenvalue weighted by atomic mass is 16.7. The fourth-order valence-electron chi connectivity index (χ4n) is 0.954. The molecule has 0 aliphatic heterocycles. The molecule has 0 heterocycles. The third-order valence-electron chi connectivity index (χ3n) is 1.59. The van der Waals surface area contributed by atoms with Gasteiger partial charge in [0.05, 0.1) is 0 Å². The summed E-state index contributed by atoms with van der Waals surface area (Å²) in [7, 11) is 3.24. The van der Waals surface area contributed by atoms with Crippen molar-refractivity contribution in [2.75, 3.05) is 14.2 Å². The van der Waals surface area contributed by atoms with Crippen LogP contribution in [0.5, 0.6) is 0 Å². The summed E-state index contributed by atoms with van der Waals surface area (Å²) in [6.07, 6.45) is 1.66. The molecule has 0 amide bonds. The Morgan fingerprint density at radius 2 is 1.67 bits per heavy atom. The lowest BCUT2D eigenvalue weighted by molar-refractivity contribution is -0.0757. The number of ether oxygens (including phenoxy) is 2. The van der Waals surface area contributed by atoms with Crippen LogP contribution in [0.15, 0.2) is 30.3 Å². The van der Waals surface area contributed by atoms with Crippen molar-refractivity contribution in [3.05, 3.63) is 42.3 Å². The first-order valence-corrected chi connectivity index (χ1v) is 3.82. The van der Waals surface area contributed by atoms with Crippen molar-refractivity contribution in [2.45, 2.75) is 6.29 Å². The highest BCUT2D eigenvalue weighted by Crippen LogP contribution is 2.07. The van der Waals surface area contributed by atoms with E-state index in [9.17, 15) is 0 Å². The Bertz CT molecular complexity index is 204. The van der Waals surface area contributed by atoms with E-state index in [2.05, 4.69) is 0 Å². The van der Waals surface area contributed by atoms with Crippen LogP contribution >= 0.6 is 0 Å². The van der Waals surface area contributed by atoms with Crippen molar-refractivity contribution < 1.29 is 9.47 Å². The third kappa shape index (κ3) is 2.64. The van der Waals surface area contributed by atoms with Crippen LogP contribution in [0.1, 0.15) is 5.56 Å². The molecule has 65 valence electrons. The molecule has 0 fully saturated rings. The van der Waals surface area contributed by atoms with E-state index in [1.54, 1.807) is 14.2 Å². The Kier molecular flexibility index (Phi) is 3.77. The molecule has 0 unspecified atom stereocenters. The summed E-state index contributed by atoms with van der Waals surface area (Å²) in [5.74, 6) is 0. The molecule has 0 aliphatic rings. The van der Waals surface area contributed by atoms with Crippen LogP contribution in [0, 0.1) is 6.42 Å². The predicted octanol–water partition coefficient (Wildman–Crippen LogP) is 1.86. The Hall–Kier alpha value is -0.860. The van der Waals surface area contributed by atoms with E-state index in [1.807, 2.05) is 36.8 Å². The standard InChI is InChI=1S/C10H13O2/c1-11-10(12-2)8-9-6-4-3-5-7-9/h3-8,10H,1-2H3. The fourth-order valence-corrected chi connectivity index (χ4v) is 0.954. The van der Waals surface area contributed by atoms with Gasteiger partial charge in [-0.15, -0.1) is 0 Å². The van der Waals surface area contributed by atoms with E-state index >= 15 is 0 Å². The summed E-state index contributed by atoms with van der Waals surface area (Å²) in [5.41, 5.74) is 1.10. The molecule has 0 saturated heterocycles.